The third-order valence-electron chi connectivity index (χ3n) is 3.30. The maximum atomic E-state index is 5.88. The Balaban J connectivity index is 1.72. The molecule has 3 rings (SSSR count). The van der Waals surface area contributed by atoms with E-state index in [-0.39, 0.29) is 0 Å². The smallest absolute Gasteiger partial charge is 0.219 e. The molecule has 3 nitrogen and oxygen atoms in total. The molecule has 0 saturated heterocycles. The fourth-order valence-corrected chi connectivity index (χ4v) is 2.29. The number of benzene rings is 1. The molecule has 1 aliphatic rings. The van der Waals surface area contributed by atoms with Crippen molar-refractivity contribution in [2.24, 2.45) is 0 Å². The minimum Gasteiger partial charge on any atom is -0.439 e. The van der Waals surface area contributed by atoms with E-state index in [1.165, 1.54) is 12.8 Å². The van der Waals surface area contributed by atoms with E-state index >= 15 is 0 Å². The Kier molecular flexibility index (Phi) is 4.03. The number of ether oxygens (including phenoxy) is 1. The summed E-state index contributed by atoms with van der Waals surface area (Å²) in [5.74, 6) is 1.47. The van der Waals surface area contributed by atoms with Crippen LogP contribution in [-0.4, -0.2) is 11.0 Å². The molecular weight excluding hydrogens is 316 g/mol. The number of nitrogens with one attached hydrogen (secondary N) is 1. The van der Waals surface area contributed by atoms with Crippen LogP contribution in [0, 0.1) is 6.92 Å². The van der Waals surface area contributed by atoms with Gasteiger partial charge in [0.2, 0.25) is 5.88 Å². The topological polar surface area (TPSA) is 34.1 Å². The van der Waals surface area contributed by atoms with Crippen LogP contribution in [0.25, 0.3) is 0 Å². The van der Waals surface area contributed by atoms with E-state index in [4.69, 9.17) is 4.74 Å². The molecular formula is C16H17BrN2O. The first-order chi connectivity index (χ1) is 9.70. The second kappa shape index (κ2) is 5.94. The SMILES string of the molecule is Cc1ccc(Br)cc1Oc1cccc(CNC2CC2)n1. The van der Waals surface area contributed by atoms with Crippen molar-refractivity contribution in [1.82, 2.24) is 10.3 Å². The summed E-state index contributed by atoms with van der Waals surface area (Å²) in [5.41, 5.74) is 2.11. The monoisotopic (exact) mass is 332 g/mol. The highest BCUT2D eigenvalue weighted by Gasteiger charge is 2.20. The van der Waals surface area contributed by atoms with Crippen LogP contribution >= 0.6 is 15.9 Å². The van der Waals surface area contributed by atoms with Crippen LogP contribution in [0.15, 0.2) is 40.9 Å². The molecule has 2 aromatic rings. The van der Waals surface area contributed by atoms with Crippen LogP contribution in [0.1, 0.15) is 24.1 Å². The van der Waals surface area contributed by atoms with Gasteiger partial charge in [0.15, 0.2) is 0 Å². The van der Waals surface area contributed by atoms with E-state index in [2.05, 4.69) is 26.2 Å². The molecule has 0 amide bonds. The van der Waals surface area contributed by atoms with Crippen molar-refractivity contribution < 1.29 is 4.74 Å². The van der Waals surface area contributed by atoms with Gasteiger partial charge < -0.3 is 10.1 Å². The predicted octanol–water partition coefficient (Wildman–Crippen LogP) is 4.20. The zero-order chi connectivity index (χ0) is 13.9. The molecule has 0 spiro atoms. The summed E-state index contributed by atoms with van der Waals surface area (Å²) < 4.78 is 6.89. The van der Waals surface area contributed by atoms with Gasteiger partial charge in [-0.15, -0.1) is 0 Å². The van der Waals surface area contributed by atoms with Crippen molar-refractivity contribution in [3.05, 3.63) is 52.1 Å². The van der Waals surface area contributed by atoms with Crippen LogP contribution in [0.3, 0.4) is 0 Å². The van der Waals surface area contributed by atoms with E-state index in [1.807, 2.05) is 43.3 Å². The van der Waals surface area contributed by atoms with E-state index in [1.54, 1.807) is 0 Å². The maximum Gasteiger partial charge on any atom is 0.219 e. The van der Waals surface area contributed by atoms with Crippen LogP contribution in [0.4, 0.5) is 0 Å². The molecule has 104 valence electrons. The van der Waals surface area contributed by atoms with Gasteiger partial charge in [0, 0.05) is 23.1 Å². The number of rotatable bonds is 5. The molecule has 1 fully saturated rings. The number of aryl methyl sites for hydroxylation is 1. The molecule has 20 heavy (non-hydrogen) atoms. The van der Waals surface area contributed by atoms with Gasteiger partial charge in [0.05, 0.1) is 5.69 Å². The summed E-state index contributed by atoms with van der Waals surface area (Å²) in [6.07, 6.45) is 2.57. The average Bonchev–Trinajstić information content (AvgIpc) is 3.25. The summed E-state index contributed by atoms with van der Waals surface area (Å²) in [6.45, 7) is 2.83. The van der Waals surface area contributed by atoms with E-state index in [0.717, 1.165) is 28.0 Å². The lowest BCUT2D eigenvalue weighted by molar-refractivity contribution is 0.456. The highest BCUT2D eigenvalue weighted by Crippen LogP contribution is 2.27. The molecule has 1 saturated carbocycles. The second-order valence-corrected chi connectivity index (χ2v) is 6.05. The molecule has 1 aromatic heterocycles. The average molecular weight is 333 g/mol. The lowest BCUT2D eigenvalue weighted by atomic mass is 10.2. The summed E-state index contributed by atoms with van der Waals surface area (Å²) >= 11 is 3.46. The largest absolute Gasteiger partial charge is 0.439 e. The minimum absolute atomic E-state index is 0.640. The van der Waals surface area contributed by atoms with Crippen molar-refractivity contribution in [3.8, 4) is 11.6 Å². The molecule has 0 atom stereocenters. The third-order valence-corrected chi connectivity index (χ3v) is 3.79. The first-order valence-corrected chi connectivity index (χ1v) is 7.63. The quantitative estimate of drug-likeness (QED) is 0.891. The van der Waals surface area contributed by atoms with Crippen LogP contribution in [0.2, 0.25) is 0 Å². The molecule has 0 bridgehead atoms. The number of nitrogens with zero attached hydrogens (tertiary/aromatic N) is 1. The Morgan fingerprint density at radius 2 is 2.15 bits per heavy atom. The number of pyridine rings is 1. The van der Waals surface area contributed by atoms with Gasteiger partial charge in [-0.05, 0) is 43.5 Å². The lowest BCUT2D eigenvalue weighted by Crippen LogP contribution is -2.16. The van der Waals surface area contributed by atoms with Gasteiger partial charge in [-0.3, -0.25) is 0 Å². The number of hydrogen-bond donors (Lipinski definition) is 1. The summed E-state index contributed by atoms with van der Waals surface area (Å²) in [5, 5.41) is 3.46. The number of aromatic nitrogens is 1. The molecule has 0 aliphatic heterocycles. The molecule has 1 N–H and O–H groups in total. The van der Waals surface area contributed by atoms with Crippen molar-refractivity contribution in [2.75, 3.05) is 0 Å². The summed E-state index contributed by atoms with van der Waals surface area (Å²) in [7, 11) is 0. The Labute approximate surface area is 127 Å². The Hall–Kier alpha value is -1.39. The van der Waals surface area contributed by atoms with Crippen molar-refractivity contribution >= 4 is 15.9 Å². The zero-order valence-corrected chi connectivity index (χ0v) is 13.0. The van der Waals surface area contributed by atoms with Crippen molar-refractivity contribution in [1.29, 1.82) is 0 Å². The summed E-state index contributed by atoms with van der Waals surface area (Å²) in [4.78, 5) is 4.54. The van der Waals surface area contributed by atoms with Gasteiger partial charge in [-0.1, -0.05) is 28.1 Å². The van der Waals surface area contributed by atoms with Gasteiger partial charge in [-0.2, -0.15) is 0 Å². The highest BCUT2D eigenvalue weighted by molar-refractivity contribution is 9.10. The molecule has 1 aliphatic carbocycles. The van der Waals surface area contributed by atoms with E-state index < -0.39 is 0 Å². The van der Waals surface area contributed by atoms with Crippen molar-refractivity contribution in [2.45, 2.75) is 32.4 Å². The van der Waals surface area contributed by atoms with Crippen LogP contribution < -0.4 is 10.1 Å². The molecule has 1 aromatic carbocycles. The van der Waals surface area contributed by atoms with Gasteiger partial charge >= 0.3 is 0 Å². The zero-order valence-electron chi connectivity index (χ0n) is 11.4. The fourth-order valence-electron chi connectivity index (χ4n) is 1.95. The predicted molar refractivity (Wildman–Crippen MR) is 83.1 cm³/mol. The maximum absolute atomic E-state index is 5.88. The Bertz CT molecular complexity index is 611. The van der Waals surface area contributed by atoms with E-state index in [9.17, 15) is 0 Å². The normalized spacial score (nSPS) is 14.3. The first kappa shape index (κ1) is 13.6. The number of halogens is 1. The first-order valence-electron chi connectivity index (χ1n) is 6.84. The molecule has 0 radical (unpaired) electrons. The second-order valence-electron chi connectivity index (χ2n) is 5.13. The van der Waals surface area contributed by atoms with Gasteiger partial charge in [-0.25, -0.2) is 4.98 Å². The van der Waals surface area contributed by atoms with Crippen LogP contribution in [-0.2, 0) is 6.54 Å². The summed E-state index contributed by atoms with van der Waals surface area (Å²) in [6, 6.07) is 12.6. The highest BCUT2D eigenvalue weighted by atomic mass is 79.9. The third kappa shape index (κ3) is 3.58. The fraction of sp³-hybridized carbons (Fsp3) is 0.312. The van der Waals surface area contributed by atoms with E-state index in [0.29, 0.717) is 11.9 Å². The van der Waals surface area contributed by atoms with Gasteiger partial charge in [0.25, 0.3) is 0 Å². The Morgan fingerprint density at radius 1 is 1.30 bits per heavy atom. The Morgan fingerprint density at radius 3 is 2.95 bits per heavy atom. The molecule has 4 heteroatoms. The minimum atomic E-state index is 0.640. The van der Waals surface area contributed by atoms with Gasteiger partial charge in [0.1, 0.15) is 5.75 Å². The lowest BCUT2D eigenvalue weighted by Gasteiger charge is -2.09. The standard InChI is InChI=1S/C16H17BrN2O/c1-11-5-6-12(17)9-15(11)20-16-4-2-3-14(19-16)10-18-13-7-8-13/h2-6,9,13,18H,7-8,10H2,1H3. The van der Waals surface area contributed by atoms with Crippen molar-refractivity contribution in [3.63, 3.8) is 0 Å². The molecule has 0 unspecified atom stereocenters. The van der Waals surface area contributed by atoms with Crippen LogP contribution in [0.5, 0.6) is 11.6 Å². The number of hydrogen-bond acceptors (Lipinski definition) is 3. The molecule has 1 heterocycles.